The summed E-state index contributed by atoms with van der Waals surface area (Å²) in [5.74, 6) is 0.0897. The molecule has 1 aliphatic carbocycles. The van der Waals surface area contributed by atoms with Crippen LogP contribution in [0.5, 0.6) is 0 Å². The quantitative estimate of drug-likeness (QED) is 0.801. The summed E-state index contributed by atoms with van der Waals surface area (Å²) in [5, 5.41) is 6.66. The summed E-state index contributed by atoms with van der Waals surface area (Å²) in [7, 11) is 0. The van der Waals surface area contributed by atoms with E-state index in [1.54, 1.807) is 0 Å². The lowest BCUT2D eigenvalue weighted by Gasteiger charge is -2.32. The lowest BCUT2D eigenvalue weighted by atomic mass is 9.90. The molecule has 4 nitrogen and oxygen atoms in total. The molecule has 1 unspecified atom stereocenters. The van der Waals surface area contributed by atoms with Crippen molar-refractivity contribution in [3.63, 3.8) is 0 Å². The van der Waals surface area contributed by atoms with Gasteiger partial charge < -0.3 is 15.4 Å². The molecule has 4 heteroatoms. The smallest absolute Gasteiger partial charge is 0.252 e. The summed E-state index contributed by atoms with van der Waals surface area (Å²) >= 11 is 0. The fraction of sp³-hybridized carbons (Fsp3) is 0.929. The average molecular weight is 254 g/mol. The molecular weight excluding hydrogens is 228 g/mol. The minimum atomic E-state index is -0.571. The van der Waals surface area contributed by atoms with Crippen LogP contribution < -0.4 is 10.6 Å². The first-order valence-corrected chi connectivity index (χ1v) is 7.32. The number of rotatable bonds is 4. The Morgan fingerprint density at radius 2 is 1.94 bits per heavy atom. The largest absolute Gasteiger partial charge is 0.365 e. The molecule has 0 aromatic rings. The predicted molar refractivity (Wildman–Crippen MR) is 71.5 cm³/mol. The number of ether oxygens (including phenoxy) is 1. The van der Waals surface area contributed by atoms with Gasteiger partial charge in [-0.15, -0.1) is 0 Å². The first-order valence-electron chi connectivity index (χ1n) is 7.32. The molecule has 0 aromatic heterocycles. The van der Waals surface area contributed by atoms with Crippen LogP contribution in [0.3, 0.4) is 0 Å². The van der Waals surface area contributed by atoms with E-state index in [-0.39, 0.29) is 5.91 Å². The van der Waals surface area contributed by atoms with E-state index < -0.39 is 5.60 Å². The second-order valence-electron chi connectivity index (χ2n) is 5.76. The van der Waals surface area contributed by atoms with Crippen molar-refractivity contribution in [1.82, 2.24) is 10.6 Å². The van der Waals surface area contributed by atoms with E-state index >= 15 is 0 Å². The van der Waals surface area contributed by atoms with E-state index in [0.29, 0.717) is 12.1 Å². The Morgan fingerprint density at radius 3 is 2.50 bits per heavy atom. The van der Waals surface area contributed by atoms with Gasteiger partial charge in [0.2, 0.25) is 0 Å². The summed E-state index contributed by atoms with van der Waals surface area (Å²) in [4.78, 5) is 12.2. The molecule has 0 radical (unpaired) electrons. The minimum absolute atomic E-state index is 0.0897. The van der Waals surface area contributed by atoms with E-state index in [2.05, 4.69) is 17.6 Å². The molecule has 1 heterocycles. The van der Waals surface area contributed by atoms with Gasteiger partial charge >= 0.3 is 0 Å². The standard InChI is InChI=1S/C14H26N2O2/c1-3-15-11-5-7-12(8-6-11)16-13(17)14(2)9-4-10-18-14/h11-12,15H,3-10H2,1-2H3,(H,16,17). The normalized spacial score (nSPS) is 36.6. The van der Waals surface area contributed by atoms with Crippen molar-refractivity contribution in [3.8, 4) is 0 Å². The van der Waals surface area contributed by atoms with Crippen molar-refractivity contribution in [3.05, 3.63) is 0 Å². The van der Waals surface area contributed by atoms with Crippen molar-refractivity contribution < 1.29 is 9.53 Å². The van der Waals surface area contributed by atoms with Crippen LogP contribution >= 0.6 is 0 Å². The van der Waals surface area contributed by atoms with Crippen LogP contribution in [0.1, 0.15) is 52.4 Å². The lowest BCUT2D eigenvalue weighted by Crippen LogP contribution is -2.50. The molecule has 18 heavy (non-hydrogen) atoms. The third-order valence-corrected chi connectivity index (χ3v) is 4.25. The SMILES string of the molecule is CCNC1CCC(NC(=O)C2(C)CCCO2)CC1. The van der Waals surface area contributed by atoms with Crippen LogP contribution in [0.2, 0.25) is 0 Å². The van der Waals surface area contributed by atoms with Gasteiger partial charge in [-0.25, -0.2) is 0 Å². The van der Waals surface area contributed by atoms with Gasteiger partial charge in [-0.05, 0) is 52.0 Å². The van der Waals surface area contributed by atoms with E-state index in [1.807, 2.05) is 6.92 Å². The minimum Gasteiger partial charge on any atom is -0.365 e. The molecule has 1 saturated carbocycles. The van der Waals surface area contributed by atoms with Crippen LogP contribution in [0.25, 0.3) is 0 Å². The van der Waals surface area contributed by atoms with Crippen LogP contribution in [0.15, 0.2) is 0 Å². The van der Waals surface area contributed by atoms with Gasteiger partial charge in [0, 0.05) is 18.7 Å². The number of hydrogen-bond acceptors (Lipinski definition) is 3. The zero-order chi connectivity index (χ0) is 13.0. The topological polar surface area (TPSA) is 50.4 Å². The van der Waals surface area contributed by atoms with Crippen LogP contribution in [0.4, 0.5) is 0 Å². The van der Waals surface area contributed by atoms with Crippen molar-refractivity contribution in [2.24, 2.45) is 0 Å². The number of nitrogens with one attached hydrogen (secondary N) is 2. The average Bonchev–Trinajstić information content (AvgIpc) is 2.80. The number of carbonyl (C=O) groups excluding carboxylic acids is 1. The van der Waals surface area contributed by atoms with Gasteiger partial charge in [-0.3, -0.25) is 4.79 Å². The third kappa shape index (κ3) is 3.23. The van der Waals surface area contributed by atoms with Crippen LogP contribution in [-0.4, -0.2) is 36.7 Å². The third-order valence-electron chi connectivity index (χ3n) is 4.25. The maximum Gasteiger partial charge on any atom is 0.252 e. The second-order valence-corrected chi connectivity index (χ2v) is 5.76. The lowest BCUT2D eigenvalue weighted by molar-refractivity contribution is -0.140. The Hall–Kier alpha value is -0.610. The van der Waals surface area contributed by atoms with E-state index in [0.717, 1.165) is 51.7 Å². The molecule has 1 saturated heterocycles. The van der Waals surface area contributed by atoms with Gasteiger partial charge in [0.05, 0.1) is 0 Å². The Morgan fingerprint density at radius 1 is 1.28 bits per heavy atom. The number of amides is 1. The molecule has 0 aromatic carbocycles. The highest BCUT2D eigenvalue weighted by atomic mass is 16.5. The molecule has 2 fully saturated rings. The molecule has 2 N–H and O–H groups in total. The Labute approximate surface area is 110 Å². The molecule has 1 aliphatic heterocycles. The van der Waals surface area contributed by atoms with Crippen LogP contribution in [-0.2, 0) is 9.53 Å². The van der Waals surface area contributed by atoms with Gasteiger partial charge in [0.15, 0.2) is 0 Å². The zero-order valence-corrected chi connectivity index (χ0v) is 11.6. The van der Waals surface area contributed by atoms with Crippen molar-refractivity contribution in [1.29, 1.82) is 0 Å². The fourth-order valence-corrected chi connectivity index (χ4v) is 3.03. The highest BCUT2D eigenvalue weighted by molar-refractivity contribution is 5.85. The Bertz CT molecular complexity index is 280. The summed E-state index contributed by atoms with van der Waals surface area (Å²) in [6.45, 7) is 5.82. The summed E-state index contributed by atoms with van der Waals surface area (Å²) in [6, 6.07) is 0.981. The first kappa shape index (κ1) is 13.8. The maximum atomic E-state index is 12.2. The molecule has 1 amide bonds. The van der Waals surface area contributed by atoms with Gasteiger partial charge in [0.25, 0.3) is 5.91 Å². The molecule has 1 atom stereocenters. The monoisotopic (exact) mass is 254 g/mol. The summed E-state index contributed by atoms with van der Waals surface area (Å²) in [6.07, 6.45) is 6.34. The van der Waals surface area contributed by atoms with Crippen molar-refractivity contribution in [2.45, 2.75) is 70.1 Å². The van der Waals surface area contributed by atoms with E-state index in [4.69, 9.17) is 4.74 Å². The second kappa shape index (κ2) is 6.02. The maximum absolute atomic E-state index is 12.2. The number of carbonyl (C=O) groups is 1. The van der Waals surface area contributed by atoms with Gasteiger partial charge in [-0.1, -0.05) is 6.92 Å². The highest BCUT2D eigenvalue weighted by Gasteiger charge is 2.38. The molecule has 0 bridgehead atoms. The highest BCUT2D eigenvalue weighted by Crippen LogP contribution is 2.26. The first-order chi connectivity index (χ1) is 8.64. The van der Waals surface area contributed by atoms with E-state index in [1.165, 1.54) is 0 Å². The molecule has 2 rings (SSSR count). The van der Waals surface area contributed by atoms with Gasteiger partial charge in [-0.2, -0.15) is 0 Å². The molecule has 0 spiro atoms. The molecular formula is C14H26N2O2. The summed E-state index contributed by atoms with van der Waals surface area (Å²) in [5.41, 5.74) is -0.571. The molecule has 2 aliphatic rings. The van der Waals surface area contributed by atoms with Crippen LogP contribution in [0, 0.1) is 0 Å². The van der Waals surface area contributed by atoms with Crippen molar-refractivity contribution >= 4 is 5.91 Å². The zero-order valence-electron chi connectivity index (χ0n) is 11.6. The summed E-state index contributed by atoms with van der Waals surface area (Å²) < 4.78 is 5.58. The van der Waals surface area contributed by atoms with E-state index in [9.17, 15) is 4.79 Å². The predicted octanol–water partition coefficient (Wildman–Crippen LogP) is 1.59. The Balaban J connectivity index is 1.76. The number of hydrogen-bond donors (Lipinski definition) is 2. The Kier molecular flexibility index (Phi) is 4.62. The fourth-order valence-electron chi connectivity index (χ4n) is 3.03. The van der Waals surface area contributed by atoms with Crippen molar-refractivity contribution in [2.75, 3.05) is 13.2 Å². The molecule has 104 valence electrons. The van der Waals surface area contributed by atoms with Gasteiger partial charge in [0.1, 0.15) is 5.60 Å².